The monoisotopic (exact) mass is 286 g/mol. The molecule has 3 unspecified atom stereocenters. The lowest BCUT2D eigenvalue weighted by molar-refractivity contribution is -0.151. The molecule has 5 nitrogen and oxygen atoms in total. The highest BCUT2D eigenvalue weighted by Gasteiger charge is 2.37. The second-order valence-corrected chi connectivity index (χ2v) is 5.80. The third-order valence-electron chi connectivity index (χ3n) is 3.98. The van der Waals surface area contributed by atoms with Crippen LogP contribution in [0.1, 0.15) is 41.0 Å². The molecule has 1 heterocycles. The average molecular weight is 286 g/mol. The van der Waals surface area contributed by atoms with Crippen LogP contribution in [0.5, 0.6) is 0 Å². The number of morpholine rings is 1. The first kappa shape index (κ1) is 17.4. The van der Waals surface area contributed by atoms with Crippen molar-refractivity contribution in [2.24, 2.45) is 0 Å². The van der Waals surface area contributed by atoms with Gasteiger partial charge in [-0.2, -0.15) is 0 Å². The fourth-order valence-corrected chi connectivity index (χ4v) is 3.01. The highest BCUT2D eigenvalue weighted by molar-refractivity contribution is 5.80. The van der Waals surface area contributed by atoms with E-state index in [1.807, 2.05) is 20.8 Å². The summed E-state index contributed by atoms with van der Waals surface area (Å²) in [6.45, 7) is 13.8. The smallest absolute Gasteiger partial charge is 0.326 e. The third kappa shape index (κ3) is 4.43. The molecule has 0 aromatic carbocycles. The van der Waals surface area contributed by atoms with E-state index in [-0.39, 0.29) is 5.97 Å². The maximum Gasteiger partial charge on any atom is 0.326 e. The second kappa shape index (κ2) is 7.96. The van der Waals surface area contributed by atoms with Crippen molar-refractivity contribution in [2.45, 2.75) is 58.7 Å². The van der Waals surface area contributed by atoms with E-state index in [1.54, 1.807) is 0 Å². The number of likely N-dealkylation sites (N-methyl/N-ethyl adjacent to an activating group) is 1. The van der Waals surface area contributed by atoms with Crippen molar-refractivity contribution in [2.75, 3.05) is 32.9 Å². The molecule has 1 aliphatic heterocycles. The van der Waals surface area contributed by atoms with Gasteiger partial charge in [0.25, 0.3) is 0 Å². The zero-order chi connectivity index (χ0) is 15.2. The van der Waals surface area contributed by atoms with E-state index in [0.29, 0.717) is 18.7 Å². The van der Waals surface area contributed by atoms with Gasteiger partial charge in [-0.1, -0.05) is 6.92 Å². The molecule has 5 heteroatoms. The molecule has 0 aromatic heterocycles. The van der Waals surface area contributed by atoms with Crippen molar-refractivity contribution in [1.82, 2.24) is 10.2 Å². The number of nitrogens with one attached hydrogen (secondary N) is 1. The van der Waals surface area contributed by atoms with E-state index >= 15 is 0 Å². The van der Waals surface area contributed by atoms with E-state index < -0.39 is 5.54 Å². The fraction of sp³-hybridized carbons (Fsp3) is 0.933. The SMILES string of the molecule is CCNC(C)(CC(C)N1CCOCC1C)C(=O)OCC. The maximum absolute atomic E-state index is 12.2. The van der Waals surface area contributed by atoms with Crippen LogP contribution in [-0.4, -0.2) is 61.4 Å². The Kier molecular flexibility index (Phi) is 6.92. The summed E-state index contributed by atoms with van der Waals surface area (Å²) in [6, 6.07) is 0.703. The van der Waals surface area contributed by atoms with Crippen LogP contribution in [0.4, 0.5) is 0 Å². The number of esters is 1. The van der Waals surface area contributed by atoms with Gasteiger partial charge in [-0.15, -0.1) is 0 Å². The Balaban J connectivity index is 2.70. The van der Waals surface area contributed by atoms with Crippen molar-refractivity contribution < 1.29 is 14.3 Å². The predicted molar refractivity (Wildman–Crippen MR) is 79.8 cm³/mol. The quantitative estimate of drug-likeness (QED) is 0.717. The largest absolute Gasteiger partial charge is 0.465 e. The van der Waals surface area contributed by atoms with Crippen molar-refractivity contribution >= 4 is 5.97 Å². The normalized spacial score (nSPS) is 24.9. The molecule has 3 atom stereocenters. The number of rotatable bonds is 7. The summed E-state index contributed by atoms with van der Waals surface area (Å²) in [4.78, 5) is 14.6. The molecule has 0 radical (unpaired) electrons. The van der Waals surface area contributed by atoms with Gasteiger partial charge in [-0.25, -0.2) is 0 Å². The molecule has 1 aliphatic rings. The maximum atomic E-state index is 12.2. The first-order valence-corrected chi connectivity index (χ1v) is 7.70. The topological polar surface area (TPSA) is 50.8 Å². The van der Waals surface area contributed by atoms with Crippen LogP contribution in [0.3, 0.4) is 0 Å². The van der Waals surface area contributed by atoms with Gasteiger partial charge in [0.05, 0.1) is 19.8 Å². The number of hydrogen-bond acceptors (Lipinski definition) is 5. The van der Waals surface area contributed by atoms with Crippen LogP contribution in [0.25, 0.3) is 0 Å². The zero-order valence-electron chi connectivity index (χ0n) is 13.6. The van der Waals surface area contributed by atoms with Gasteiger partial charge >= 0.3 is 5.97 Å². The Labute approximate surface area is 123 Å². The summed E-state index contributed by atoms with van der Waals surface area (Å²) in [5, 5.41) is 3.30. The van der Waals surface area contributed by atoms with Crippen molar-refractivity contribution in [3.8, 4) is 0 Å². The average Bonchev–Trinajstić information content (AvgIpc) is 2.39. The molecule has 1 saturated heterocycles. The van der Waals surface area contributed by atoms with Crippen molar-refractivity contribution in [3.63, 3.8) is 0 Å². The molecule has 1 N–H and O–H groups in total. The number of nitrogens with zero attached hydrogens (tertiary/aromatic N) is 1. The molecule has 0 amide bonds. The Morgan fingerprint density at radius 2 is 2.25 bits per heavy atom. The van der Waals surface area contributed by atoms with Crippen molar-refractivity contribution in [3.05, 3.63) is 0 Å². The molecule has 0 bridgehead atoms. The molecule has 0 aromatic rings. The van der Waals surface area contributed by atoms with Gasteiger partial charge in [0.2, 0.25) is 0 Å². The molecule has 1 fully saturated rings. The first-order chi connectivity index (χ1) is 9.44. The van der Waals surface area contributed by atoms with Gasteiger partial charge in [0, 0.05) is 18.6 Å². The van der Waals surface area contributed by atoms with Gasteiger partial charge < -0.3 is 14.8 Å². The molecule has 118 valence electrons. The van der Waals surface area contributed by atoms with E-state index in [2.05, 4.69) is 24.1 Å². The summed E-state index contributed by atoms with van der Waals surface area (Å²) >= 11 is 0. The van der Waals surface area contributed by atoms with E-state index in [9.17, 15) is 4.79 Å². The second-order valence-electron chi connectivity index (χ2n) is 5.80. The molecule has 0 spiro atoms. The van der Waals surface area contributed by atoms with E-state index in [0.717, 1.165) is 32.7 Å². The number of hydrogen-bond donors (Lipinski definition) is 1. The van der Waals surface area contributed by atoms with Gasteiger partial charge in [-0.3, -0.25) is 9.69 Å². The lowest BCUT2D eigenvalue weighted by Crippen LogP contribution is -2.56. The highest BCUT2D eigenvalue weighted by atomic mass is 16.5. The number of ether oxygens (including phenoxy) is 2. The summed E-state index contributed by atoms with van der Waals surface area (Å²) in [5.74, 6) is -0.158. The fourth-order valence-electron chi connectivity index (χ4n) is 3.01. The molecule has 0 saturated carbocycles. The predicted octanol–water partition coefficient (Wildman–Crippen LogP) is 1.42. The molecular weight excluding hydrogens is 256 g/mol. The minimum Gasteiger partial charge on any atom is -0.465 e. The summed E-state index contributed by atoms with van der Waals surface area (Å²) in [6.07, 6.45) is 0.740. The van der Waals surface area contributed by atoms with Crippen LogP contribution < -0.4 is 5.32 Å². The summed E-state index contributed by atoms with van der Waals surface area (Å²) < 4.78 is 10.7. The summed E-state index contributed by atoms with van der Waals surface area (Å²) in [7, 11) is 0. The highest BCUT2D eigenvalue weighted by Crippen LogP contribution is 2.21. The van der Waals surface area contributed by atoms with E-state index in [1.165, 1.54) is 0 Å². The third-order valence-corrected chi connectivity index (χ3v) is 3.98. The van der Waals surface area contributed by atoms with Crippen LogP contribution in [-0.2, 0) is 14.3 Å². The Morgan fingerprint density at radius 3 is 2.80 bits per heavy atom. The summed E-state index contributed by atoms with van der Waals surface area (Å²) in [5.41, 5.74) is -0.623. The lowest BCUT2D eigenvalue weighted by atomic mass is 9.92. The number of carbonyl (C=O) groups is 1. The Morgan fingerprint density at radius 1 is 1.55 bits per heavy atom. The first-order valence-electron chi connectivity index (χ1n) is 7.70. The minimum absolute atomic E-state index is 0.158. The standard InChI is InChI=1S/C15H30N2O3/c1-6-16-15(5,14(18)20-7-2)10-12(3)17-8-9-19-11-13(17)4/h12-13,16H,6-11H2,1-5H3. The van der Waals surface area contributed by atoms with Crippen molar-refractivity contribution in [1.29, 1.82) is 0 Å². The molecule has 0 aliphatic carbocycles. The molecule has 1 rings (SSSR count). The minimum atomic E-state index is -0.623. The van der Waals surface area contributed by atoms with Crippen LogP contribution in [0.15, 0.2) is 0 Å². The Hall–Kier alpha value is -0.650. The van der Waals surface area contributed by atoms with Gasteiger partial charge in [0.15, 0.2) is 0 Å². The Bertz CT molecular complexity index is 311. The van der Waals surface area contributed by atoms with Gasteiger partial charge in [-0.05, 0) is 40.7 Å². The lowest BCUT2D eigenvalue weighted by Gasteiger charge is -2.41. The van der Waals surface area contributed by atoms with Crippen LogP contribution >= 0.6 is 0 Å². The molecule has 20 heavy (non-hydrogen) atoms. The number of carbonyl (C=O) groups excluding carboxylic acids is 1. The van der Waals surface area contributed by atoms with Crippen LogP contribution in [0.2, 0.25) is 0 Å². The van der Waals surface area contributed by atoms with E-state index in [4.69, 9.17) is 9.47 Å². The van der Waals surface area contributed by atoms with Crippen LogP contribution in [0, 0.1) is 0 Å². The van der Waals surface area contributed by atoms with Gasteiger partial charge in [0.1, 0.15) is 5.54 Å². The zero-order valence-corrected chi connectivity index (χ0v) is 13.6. The molecular formula is C15H30N2O3.